The van der Waals surface area contributed by atoms with Crippen LogP contribution in [0.2, 0.25) is 0 Å². The van der Waals surface area contributed by atoms with Crippen LogP contribution in [0.5, 0.6) is 0 Å². The van der Waals surface area contributed by atoms with E-state index in [9.17, 15) is 9.59 Å². The van der Waals surface area contributed by atoms with Crippen LogP contribution in [0.3, 0.4) is 0 Å². The lowest BCUT2D eigenvalue weighted by molar-refractivity contribution is -0.147. The van der Waals surface area contributed by atoms with E-state index < -0.39 is 0 Å². The molecule has 1 unspecified atom stereocenters. The summed E-state index contributed by atoms with van der Waals surface area (Å²) in [6.45, 7) is 2.64. The smallest absolute Gasteiger partial charge is 0.317 e. The van der Waals surface area contributed by atoms with Crippen LogP contribution in [-0.2, 0) is 17.8 Å². The highest BCUT2D eigenvalue weighted by Gasteiger charge is 2.54. The van der Waals surface area contributed by atoms with Gasteiger partial charge in [-0.2, -0.15) is 5.10 Å². The summed E-state index contributed by atoms with van der Waals surface area (Å²) < 4.78 is 1.87. The lowest BCUT2D eigenvalue weighted by atomic mass is 9.86. The molecule has 8 heteroatoms. The molecule has 1 spiro atoms. The fraction of sp³-hybridized carbons (Fsp3) is 0.692. The van der Waals surface area contributed by atoms with Gasteiger partial charge in [-0.3, -0.25) is 9.48 Å². The molecule has 0 aliphatic carbocycles. The number of fused-ring (bicyclic) bond motifs is 1. The second-order valence-electron chi connectivity index (χ2n) is 6.23. The highest BCUT2D eigenvalue weighted by molar-refractivity contribution is 5.83. The quantitative estimate of drug-likeness (QED) is 0.725. The first kappa shape index (κ1) is 12.6. The van der Waals surface area contributed by atoms with Gasteiger partial charge >= 0.3 is 6.03 Å². The molecule has 1 aromatic heterocycles. The van der Waals surface area contributed by atoms with Gasteiger partial charge < -0.3 is 15.1 Å². The maximum Gasteiger partial charge on any atom is 0.317 e. The van der Waals surface area contributed by atoms with Gasteiger partial charge in [0.05, 0.1) is 5.54 Å². The highest BCUT2D eigenvalue weighted by Crippen LogP contribution is 2.32. The van der Waals surface area contributed by atoms with Gasteiger partial charge in [0.2, 0.25) is 5.91 Å². The first-order valence-electron chi connectivity index (χ1n) is 7.26. The number of carbonyl (C=O) groups is 2. The minimum Gasteiger partial charge on any atom is -0.337 e. The molecule has 8 nitrogen and oxygen atoms in total. The van der Waals surface area contributed by atoms with Gasteiger partial charge in [0.1, 0.15) is 12.2 Å². The predicted molar refractivity (Wildman–Crippen MR) is 72.3 cm³/mol. The lowest BCUT2D eigenvalue weighted by Crippen LogP contribution is -2.70. The Labute approximate surface area is 122 Å². The van der Waals surface area contributed by atoms with Crippen molar-refractivity contribution in [3.05, 3.63) is 12.2 Å². The zero-order valence-electron chi connectivity index (χ0n) is 11.9. The van der Waals surface area contributed by atoms with Crippen LogP contribution >= 0.6 is 0 Å². The van der Waals surface area contributed by atoms with Crippen LogP contribution in [0.25, 0.3) is 0 Å². The number of hydrogen-bond acceptors (Lipinski definition) is 4. The van der Waals surface area contributed by atoms with E-state index in [1.165, 1.54) is 0 Å². The zero-order chi connectivity index (χ0) is 14.6. The van der Waals surface area contributed by atoms with Crippen molar-refractivity contribution in [1.29, 1.82) is 0 Å². The van der Waals surface area contributed by atoms with Crippen LogP contribution in [0.15, 0.2) is 6.33 Å². The van der Waals surface area contributed by atoms with E-state index >= 15 is 0 Å². The third-order valence-corrected chi connectivity index (χ3v) is 5.03. The molecule has 3 aliphatic rings. The van der Waals surface area contributed by atoms with Crippen molar-refractivity contribution < 1.29 is 9.59 Å². The summed E-state index contributed by atoms with van der Waals surface area (Å²) in [6.07, 6.45) is 3.02. The number of amides is 3. The van der Waals surface area contributed by atoms with E-state index in [2.05, 4.69) is 15.4 Å². The zero-order valence-corrected chi connectivity index (χ0v) is 11.9. The Bertz CT molecular complexity index is 606. The number of hydrogen-bond donors (Lipinski definition) is 1. The summed E-state index contributed by atoms with van der Waals surface area (Å²) in [4.78, 5) is 31.9. The molecule has 0 bridgehead atoms. The van der Waals surface area contributed by atoms with Gasteiger partial charge in [-0.25, -0.2) is 9.78 Å². The summed E-state index contributed by atoms with van der Waals surface area (Å²) in [7, 11) is 1.80. The molecule has 2 saturated heterocycles. The third kappa shape index (κ3) is 1.74. The van der Waals surface area contributed by atoms with Crippen LogP contribution in [0, 0.1) is 5.92 Å². The van der Waals surface area contributed by atoms with Crippen LogP contribution in [-0.4, -0.2) is 68.7 Å². The second kappa shape index (κ2) is 4.19. The van der Waals surface area contributed by atoms with E-state index in [-0.39, 0.29) is 23.4 Å². The number of aromatic nitrogens is 3. The molecular formula is C13H18N6O2. The van der Waals surface area contributed by atoms with Gasteiger partial charge in [0, 0.05) is 45.6 Å². The fourth-order valence-corrected chi connectivity index (χ4v) is 3.54. The van der Waals surface area contributed by atoms with Crippen molar-refractivity contribution in [1.82, 2.24) is 29.9 Å². The summed E-state index contributed by atoms with van der Waals surface area (Å²) >= 11 is 0. The monoisotopic (exact) mass is 290 g/mol. The Kier molecular flexibility index (Phi) is 2.51. The van der Waals surface area contributed by atoms with Crippen LogP contribution in [0.1, 0.15) is 12.2 Å². The Balaban J connectivity index is 1.41. The molecule has 21 heavy (non-hydrogen) atoms. The Morgan fingerprint density at radius 2 is 2.29 bits per heavy atom. The molecule has 4 rings (SSSR count). The molecule has 3 amide bonds. The van der Waals surface area contributed by atoms with Crippen LogP contribution in [0.4, 0.5) is 4.79 Å². The van der Waals surface area contributed by atoms with Crippen molar-refractivity contribution in [3.63, 3.8) is 0 Å². The number of carbonyl (C=O) groups excluding carboxylic acids is 2. The number of aryl methyl sites for hydroxylation is 1. The minimum atomic E-state index is -0.193. The summed E-state index contributed by atoms with van der Waals surface area (Å²) in [5.41, 5.74) is -0.193. The minimum absolute atomic E-state index is 0.00517. The third-order valence-electron chi connectivity index (χ3n) is 5.03. The molecule has 3 aliphatic heterocycles. The van der Waals surface area contributed by atoms with E-state index in [4.69, 9.17) is 0 Å². The summed E-state index contributed by atoms with van der Waals surface area (Å²) in [5.74, 6) is 1.07. The topological polar surface area (TPSA) is 83.4 Å². The number of rotatable bonds is 1. The van der Waals surface area contributed by atoms with E-state index in [0.29, 0.717) is 26.1 Å². The summed E-state index contributed by atoms with van der Waals surface area (Å²) in [6, 6.07) is -0.0483. The SMILES string of the molecule is CN1C(=O)NCC12CN(C(=O)C1CCn3ncnc3C1)C2. The highest BCUT2D eigenvalue weighted by atomic mass is 16.2. The van der Waals surface area contributed by atoms with Crippen molar-refractivity contribution >= 4 is 11.9 Å². The molecule has 2 fully saturated rings. The Morgan fingerprint density at radius 3 is 3.00 bits per heavy atom. The second-order valence-corrected chi connectivity index (χ2v) is 6.23. The van der Waals surface area contributed by atoms with Crippen molar-refractivity contribution in [2.45, 2.75) is 24.9 Å². The first-order chi connectivity index (χ1) is 10.1. The van der Waals surface area contributed by atoms with E-state index in [0.717, 1.165) is 18.8 Å². The number of likely N-dealkylation sites (tertiary alicyclic amines) is 1. The molecular weight excluding hydrogens is 272 g/mol. The molecule has 1 aromatic rings. The largest absolute Gasteiger partial charge is 0.337 e. The van der Waals surface area contributed by atoms with Crippen molar-refractivity contribution in [3.8, 4) is 0 Å². The standard InChI is InChI=1S/C13H18N6O2/c1-17-12(21)14-5-13(17)6-18(7-13)11(20)9-2-3-19-10(4-9)15-8-16-19/h8-9H,2-7H2,1H3,(H,14,21). The average molecular weight is 290 g/mol. The molecule has 0 saturated carbocycles. The normalized spacial score (nSPS) is 26.5. The number of nitrogens with one attached hydrogen (secondary N) is 1. The molecule has 1 N–H and O–H groups in total. The molecule has 0 radical (unpaired) electrons. The van der Waals surface area contributed by atoms with Crippen LogP contribution < -0.4 is 5.32 Å². The van der Waals surface area contributed by atoms with Gasteiger partial charge in [-0.15, -0.1) is 0 Å². The summed E-state index contributed by atoms with van der Waals surface area (Å²) in [5, 5.41) is 6.97. The first-order valence-corrected chi connectivity index (χ1v) is 7.26. The lowest BCUT2D eigenvalue weighted by Gasteiger charge is -2.51. The van der Waals surface area contributed by atoms with Gasteiger partial charge in [-0.1, -0.05) is 0 Å². The van der Waals surface area contributed by atoms with Gasteiger partial charge in [0.25, 0.3) is 0 Å². The van der Waals surface area contributed by atoms with E-state index in [1.54, 1.807) is 18.3 Å². The Hall–Kier alpha value is -2.12. The van der Waals surface area contributed by atoms with E-state index in [1.807, 2.05) is 9.58 Å². The molecule has 1 atom stereocenters. The number of urea groups is 1. The van der Waals surface area contributed by atoms with Crippen molar-refractivity contribution in [2.24, 2.45) is 5.92 Å². The van der Waals surface area contributed by atoms with Gasteiger partial charge in [-0.05, 0) is 6.42 Å². The maximum absolute atomic E-state index is 12.6. The fourth-order valence-electron chi connectivity index (χ4n) is 3.54. The molecule has 4 heterocycles. The van der Waals surface area contributed by atoms with Gasteiger partial charge in [0.15, 0.2) is 0 Å². The maximum atomic E-state index is 12.6. The molecule has 112 valence electrons. The number of nitrogens with zero attached hydrogens (tertiary/aromatic N) is 5. The Morgan fingerprint density at radius 1 is 1.48 bits per heavy atom. The predicted octanol–water partition coefficient (Wildman–Crippen LogP) is -0.923. The number of likely N-dealkylation sites (N-methyl/N-ethyl adjacent to an activating group) is 1. The average Bonchev–Trinajstić information content (AvgIpc) is 3.02. The van der Waals surface area contributed by atoms with Crippen molar-refractivity contribution in [2.75, 3.05) is 26.7 Å². The molecule has 0 aromatic carbocycles.